The highest BCUT2D eigenvalue weighted by Gasteiger charge is 2.20. The summed E-state index contributed by atoms with van der Waals surface area (Å²) in [7, 11) is 2.02. The van der Waals surface area contributed by atoms with Crippen molar-refractivity contribution < 1.29 is 14.7 Å². The molecule has 1 aliphatic heterocycles. The molecule has 0 radical (unpaired) electrons. The van der Waals surface area contributed by atoms with Gasteiger partial charge in [0.1, 0.15) is 6.04 Å². The zero-order valence-electron chi connectivity index (χ0n) is 9.77. The Kier molecular flexibility index (Phi) is 4.54. The predicted octanol–water partition coefficient (Wildman–Crippen LogP) is -0.193. The number of rotatable bonds is 2. The molecule has 1 saturated heterocycles. The molecule has 2 N–H and O–H groups in total. The second-order valence-electron chi connectivity index (χ2n) is 4.15. The number of hydrogen-bond acceptors (Lipinski definition) is 3. The molecule has 6 heteroatoms. The van der Waals surface area contributed by atoms with Crippen molar-refractivity contribution in [2.24, 2.45) is 0 Å². The number of nitrogens with one attached hydrogen (secondary N) is 1. The summed E-state index contributed by atoms with van der Waals surface area (Å²) in [5, 5.41) is 11.1. The van der Waals surface area contributed by atoms with Crippen molar-refractivity contribution in [3.8, 4) is 0 Å². The smallest absolute Gasteiger partial charge is 0.325 e. The molecule has 1 aliphatic rings. The van der Waals surface area contributed by atoms with E-state index in [0.29, 0.717) is 13.1 Å². The lowest BCUT2D eigenvalue weighted by molar-refractivity contribution is -0.138. The monoisotopic (exact) mass is 229 g/mol. The Hall–Kier alpha value is -1.30. The van der Waals surface area contributed by atoms with Gasteiger partial charge in [0.05, 0.1) is 0 Å². The van der Waals surface area contributed by atoms with Crippen molar-refractivity contribution in [1.82, 2.24) is 15.1 Å². The van der Waals surface area contributed by atoms with Gasteiger partial charge < -0.3 is 20.2 Å². The Bertz CT molecular complexity index is 270. The molecular formula is C10H19N3O3. The average molecular weight is 229 g/mol. The second kappa shape index (κ2) is 5.69. The zero-order chi connectivity index (χ0) is 12.1. The third-order valence-corrected chi connectivity index (χ3v) is 2.72. The van der Waals surface area contributed by atoms with Gasteiger partial charge >= 0.3 is 12.0 Å². The fourth-order valence-electron chi connectivity index (χ4n) is 1.59. The molecule has 92 valence electrons. The fourth-order valence-corrected chi connectivity index (χ4v) is 1.59. The van der Waals surface area contributed by atoms with E-state index >= 15 is 0 Å². The number of carbonyl (C=O) groups excluding carboxylic acids is 1. The van der Waals surface area contributed by atoms with Crippen LogP contribution in [-0.2, 0) is 4.79 Å². The van der Waals surface area contributed by atoms with Gasteiger partial charge in [-0.1, -0.05) is 0 Å². The van der Waals surface area contributed by atoms with Crippen LogP contribution in [0.15, 0.2) is 0 Å². The number of carboxylic acid groups (broad SMARTS) is 1. The number of nitrogens with zero attached hydrogens (tertiary/aromatic N) is 2. The van der Waals surface area contributed by atoms with Crippen LogP contribution in [0.1, 0.15) is 13.3 Å². The first-order valence-electron chi connectivity index (χ1n) is 5.47. The summed E-state index contributed by atoms with van der Waals surface area (Å²) in [6, 6.07) is -1.13. The van der Waals surface area contributed by atoms with Crippen LogP contribution in [0.4, 0.5) is 4.79 Å². The van der Waals surface area contributed by atoms with Crippen LogP contribution in [0, 0.1) is 0 Å². The van der Waals surface area contributed by atoms with Crippen LogP contribution in [-0.4, -0.2) is 66.2 Å². The Balaban J connectivity index is 2.44. The largest absolute Gasteiger partial charge is 0.480 e. The topological polar surface area (TPSA) is 72.9 Å². The fraction of sp³-hybridized carbons (Fsp3) is 0.800. The lowest BCUT2D eigenvalue weighted by Gasteiger charge is -2.22. The zero-order valence-corrected chi connectivity index (χ0v) is 9.77. The van der Waals surface area contributed by atoms with Crippen molar-refractivity contribution in [3.05, 3.63) is 0 Å². The number of hydrogen-bond donors (Lipinski definition) is 2. The van der Waals surface area contributed by atoms with E-state index in [1.54, 1.807) is 4.90 Å². The van der Waals surface area contributed by atoms with E-state index in [1.165, 1.54) is 6.92 Å². The predicted molar refractivity (Wildman–Crippen MR) is 59.3 cm³/mol. The van der Waals surface area contributed by atoms with Gasteiger partial charge in [0.15, 0.2) is 0 Å². The van der Waals surface area contributed by atoms with E-state index in [2.05, 4.69) is 10.2 Å². The highest BCUT2D eigenvalue weighted by atomic mass is 16.4. The summed E-state index contributed by atoms with van der Waals surface area (Å²) in [5.74, 6) is -1.01. The maximum Gasteiger partial charge on any atom is 0.325 e. The van der Waals surface area contributed by atoms with Crippen molar-refractivity contribution >= 4 is 12.0 Å². The van der Waals surface area contributed by atoms with E-state index in [0.717, 1.165) is 19.5 Å². The lowest BCUT2D eigenvalue weighted by atomic mass is 10.3. The number of likely N-dealkylation sites (N-methyl/N-ethyl adjacent to an activating group) is 1. The summed E-state index contributed by atoms with van der Waals surface area (Å²) in [5.41, 5.74) is 0. The number of carboxylic acids is 1. The highest BCUT2D eigenvalue weighted by Crippen LogP contribution is 2.01. The van der Waals surface area contributed by atoms with Crippen LogP contribution >= 0.6 is 0 Å². The third kappa shape index (κ3) is 3.69. The standard InChI is InChI=1S/C10H19N3O3/c1-8(9(14)15)11-10(16)13-5-3-4-12(2)6-7-13/h8H,3-7H2,1-2H3,(H,11,16)(H,14,15)/t8-/m1/s1. The summed E-state index contributed by atoms with van der Waals surface area (Å²) in [4.78, 5) is 26.1. The number of carbonyl (C=O) groups is 2. The van der Waals surface area contributed by atoms with Gasteiger partial charge in [-0.15, -0.1) is 0 Å². The lowest BCUT2D eigenvalue weighted by Crippen LogP contribution is -2.47. The van der Waals surface area contributed by atoms with E-state index in [1.807, 2.05) is 7.05 Å². The maximum absolute atomic E-state index is 11.7. The van der Waals surface area contributed by atoms with Crippen LogP contribution in [0.5, 0.6) is 0 Å². The van der Waals surface area contributed by atoms with Crippen molar-refractivity contribution in [2.45, 2.75) is 19.4 Å². The minimum Gasteiger partial charge on any atom is -0.480 e. The molecule has 16 heavy (non-hydrogen) atoms. The van der Waals surface area contributed by atoms with Gasteiger partial charge in [-0.05, 0) is 26.9 Å². The summed E-state index contributed by atoms with van der Waals surface area (Å²) < 4.78 is 0. The van der Waals surface area contributed by atoms with E-state index in [9.17, 15) is 9.59 Å². The molecule has 1 atom stereocenters. The Morgan fingerprint density at radius 2 is 1.94 bits per heavy atom. The number of amides is 2. The molecule has 0 spiro atoms. The Morgan fingerprint density at radius 3 is 2.56 bits per heavy atom. The quantitative estimate of drug-likeness (QED) is 0.688. The second-order valence-corrected chi connectivity index (χ2v) is 4.15. The first-order valence-corrected chi connectivity index (χ1v) is 5.47. The Morgan fingerprint density at radius 1 is 1.25 bits per heavy atom. The van der Waals surface area contributed by atoms with E-state index < -0.39 is 12.0 Å². The van der Waals surface area contributed by atoms with Crippen LogP contribution in [0.25, 0.3) is 0 Å². The van der Waals surface area contributed by atoms with Crippen LogP contribution < -0.4 is 5.32 Å². The highest BCUT2D eigenvalue weighted by molar-refractivity contribution is 5.82. The molecule has 0 aromatic carbocycles. The van der Waals surface area contributed by atoms with Crippen molar-refractivity contribution in [3.63, 3.8) is 0 Å². The van der Waals surface area contributed by atoms with Gasteiger partial charge in [0.2, 0.25) is 0 Å². The molecule has 2 amide bonds. The summed E-state index contributed by atoms with van der Waals surface area (Å²) >= 11 is 0. The Labute approximate surface area is 95.2 Å². The van der Waals surface area contributed by atoms with Crippen LogP contribution in [0.2, 0.25) is 0 Å². The SMILES string of the molecule is C[C@@H](NC(=O)N1CCCN(C)CC1)C(=O)O. The molecule has 0 unspecified atom stereocenters. The van der Waals surface area contributed by atoms with Crippen molar-refractivity contribution in [2.75, 3.05) is 33.2 Å². The minimum atomic E-state index is -1.01. The molecule has 6 nitrogen and oxygen atoms in total. The van der Waals surface area contributed by atoms with E-state index in [4.69, 9.17) is 5.11 Å². The van der Waals surface area contributed by atoms with E-state index in [-0.39, 0.29) is 6.03 Å². The first kappa shape index (κ1) is 12.8. The molecular weight excluding hydrogens is 210 g/mol. The average Bonchev–Trinajstić information content (AvgIpc) is 2.42. The molecule has 0 aromatic heterocycles. The molecule has 1 fully saturated rings. The minimum absolute atomic E-state index is 0.287. The molecule has 1 heterocycles. The van der Waals surface area contributed by atoms with Gasteiger partial charge in [-0.2, -0.15) is 0 Å². The molecule has 0 bridgehead atoms. The van der Waals surface area contributed by atoms with Gasteiger partial charge in [-0.25, -0.2) is 4.79 Å². The molecule has 0 aromatic rings. The number of urea groups is 1. The number of aliphatic carboxylic acids is 1. The van der Waals surface area contributed by atoms with Crippen LogP contribution in [0.3, 0.4) is 0 Å². The van der Waals surface area contributed by atoms with Gasteiger partial charge in [-0.3, -0.25) is 4.79 Å². The van der Waals surface area contributed by atoms with Gasteiger partial charge in [0.25, 0.3) is 0 Å². The third-order valence-electron chi connectivity index (χ3n) is 2.72. The molecule has 1 rings (SSSR count). The van der Waals surface area contributed by atoms with Crippen molar-refractivity contribution in [1.29, 1.82) is 0 Å². The first-order chi connectivity index (χ1) is 7.50. The molecule has 0 saturated carbocycles. The molecule has 0 aliphatic carbocycles. The summed E-state index contributed by atoms with van der Waals surface area (Å²) in [6.07, 6.45) is 0.922. The van der Waals surface area contributed by atoms with Gasteiger partial charge in [0, 0.05) is 19.6 Å². The maximum atomic E-state index is 11.7. The summed E-state index contributed by atoms with van der Waals surface area (Å²) in [6.45, 7) is 4.59. The normalized spacial score (nSPS) is 20.0.